The van der Waals surface area contributed by atoms with E-state index >= 15 is 0 Å². The van der Waals surface area contributed by atoms with Crippen molar-refractivity contribution >= 4 is 39.1 Å². The molecule has 2 aliphatic rings. The Morgan fingerprint density at radius 2 is 1.88 bits per heavy atom. The number of halogens is 1. The maximum absolute atomic E-state index is 12.5. The smallest absolute Gasteiger partial charge is 0.255 e. The minimum absolute atomic E-state index is 0.157. The Labute approximate surface area is 146 Å². The molecule has 0 unspecified atom stereocenters. The Kier molecular flexibility index (Phi) is 4.57. The maximum atomic E-state index is 12.5. The van der Waals surface area contributed by atoms with Gasteiger partial charge in [0.2, 0.25) is 15.9 Å². The van der Waals surface area contributed by atoms with Crippen LogP contribution >= 0.6 is 11.6 Å². The minimum atomic E-state index is -3.68. The molecule has 2 amide bonds. The fourth-order valence-electron chi connectivity index (χ4n) is 3.16. The van der Waals surface area contributed by atoms with Crippen molar-refractivity contribution in [2.45, 2.75) is 26.2 Å². The zero-order chi connectivity index (χ0) is 17.5. The average Bonchev–Trinajstić information content (AvgIpc) is 2.75. The van der Waals surface area contributed by atoms with Gasteiger partial charge in [0, 0.05) is 13.1 Å². The second-order valence-corrected chi connectivity index (χ2v) is 8.57. The standard InChI is InChI=1S/C16H19ClN2O4S/c1-11-10-24(22,23)19(15(11)20)12-5-6-13(14(17)9-12)16(21)18-7-3-2-4-8-18/h5-6,9,11H,2-4,7-8,10H2,1H3/t11-/m1/s1. The highest BCUT2D eigenvalue weighted by Gasteiger charge is 2.42. The van der Waals surface area contributed by atoms with Crippen LogP contribution in [0.25, 0.3) is 0 Å². The topological polar surface area (TPSA) is 74.8 Å². The van der Waals surface area contributed by atoms with E-state index in [1.165, 1.54) is 18.2 Å². The third-order valence-electron chi connectivity index (χ3n) is 4.42. The average molecular weight is 371 g/mol. The van der Waals surface area contributed by atoms with Gasteiger partial charge in [-0.05, 0) is 37.5 Å². The molecule has 2 fully saturated rings. The lowest BCUT2D eigenvalue weighted by atomic mass is 10.1. The van der Waals surface area contributed by atoms with Crippen LogP contribution in [0.4, 0.5) is 5.69 Å². The molecule has 24 heavy (non-hydrogen) atoms. The molecule has 6 nitrogen and oxygen atoms in total. The predicted molar refractivity (Wildman–Crippen MR) is 91.6 cm³/mol. The molecular formula is C16H19ClN2O4S. The Hall–Kier alpha value is -1.60. The van der Waals surface area contributed by atoms with Crippen LogP contribution in [0, 0.1) is 5.92 Å². The van der Waals surface area contributed by atoms with Crippen LogP contribution < -0.4 is 4.31 Å². The monoisotopic (exact) mass is 370 g/mol. The van der Waals surface area contributed by atoms with Crippen LogP contribution in [0.3, 0.4) is 0 Å². The summed E-state index contributed by atoms with van der Waals surface area (Å²) in [7, 11) is -3.68. The van der Waals surface area contributed by atoms with E-state index in [0.29, 0.717) is 18.7 Å². The van der Waals surface area contributed by atoms with Gasteiger partial charge in [-0.25, -0.2) is 12.7 Å². The molecule has 1 aromatic carbocycles. The van der Waals surface area contributed by atoms with E-state index in [-0.39, 0.29) is 22.4 Å². The lowest BCUT2D eigenvalue weighted by Gasteiger charge is -2.27. The Morgan fingerprint density at radius 1 is 1.21 bits per heavy atom. The van der Waals surface area contributed by atoms with Crippen molar-refractivity contribution in [1.82, 2.24) is 4.90 Å². The third-order valence-corrected chi connectivity index (χ3v) is 6.60. The van der Waals surface area contributed by atoms with Gasteiger partial charge in [-0.1, -0.05) is 18.5 Å². The molecule has 130 valence electrons. The second-order valence-electron chi connectivity index (χ2n) is 6.30. The SMILES string of the molecule is C[C@@H]1CS(=O)(=O)N(c2ccc(C(=O)N3CCCCC3)c(Cl)c2)C1=O. The zero-order valence-electron chi connectivity index (χ0n) is 13.4. The van der Waals surface area contributed by atoms with Crippen molar-refractivity contribution in [3.05, 3.63) is 28.8 Å². The number of carbonyl (C=O) groups excluding carboxylic acids is 2. The first kappa shape index (κ1) is 17.2. The number of nitrogens with zero attached hydrogens (tertiary/aromatic N) is 2. The van der Waals surface area contributed by atoms with Crippen molar-refractivity contribution in [3.8, 4) is 0 Å². The van der Waals surface area contributed by atoms with Gasteiger partial charge < -0.3 is 4.90 Å². The maximum Gasteiger partial charge on any atom is 0.255 e. The summed E-state index contributed by atoms with van der Waals surface area (Å²) in [5.74, 6) is -1.42. The van der Waals surface area contributed by atoms with E-state index in [9.17, 15) is 18.0 Å². The summed E-state index contributed by atoms with van der Waals surface area (Å²) in [6.07, 6.45) is 3.06. The van der Waals surface area contributed by atoms with E-state index in [0.717, 1.165) is 23.6 Å². The van der Waals surface area contributed by atoms with Gasteiger partial charge in [0.1, 0.15) is 0 Å². The molecule has 0 bridgehead atoms. The zero-order valence-corrected chi connectivity index (χ0v) is 14.9. The first-order chi connectivity index (χ1) is 11.3. The molecule has 2 heterocycles. The van der Waals surface area contributed by atoms with Crippen molar-refractivity contribution < 1.29 is 18.0 Å². The lowest BCUT2D eigenvalue weighted by Crippen LogP contribution is -2.36. The molecule has 2 saturated heterocycles. The largest absolute Gasteiger partial charge is 0.339 e. The van der Waals surface area contributed by atoms with E-state index in [1.807, 2.05) is 0 Å². The Balaban J connectivity index is 1.90. The molecule has 1 aromatic rings. The number of hydrogen-bond acceptors (Lipinski definition) is 4. The number of sulfonamides is 1. The summed E-state index contributed by atoms with van der Waals surface area (Å²) in [6, 6.07) is 4.35. The van der Waals surface area contributed by atoms with Crippen molar-refractivity contribution in [2.24, 2.45) is 5.92 Å². The molecule has 3 rings (SSSR count). The highest BCUT2D eigenvalue weighted by atomic mass is 35.5. The van der Waals surface area contributed by atoms with E-state index in [1.54, 1.807) is 11.8 Å². The molecule has 0 aromatic heterocycles. The van der Waals surface area contributed by atoms with Gasteiger partial charge in [-0.2, -0.15) is 0 Å². The molecule has 0 N–H and O–H groups in total. The first-order valence-corrected chi connectivity index (χ1v) is 9.95. The number of likely N-dealkylation sites (tertiary alicyclic amines) is 1. The third kappa shape index (κ3) is 3.02. The van der Waals surface area contributed by atoms with Gasteiger partial charge in [-0.3, -0.25) is 9.59 Å². The quantitative estimate of drug-likeness (QED) is 0.800. The summed E-state index contributed by atoms with van der Waals surface area (Å²) < 4.78 is 25.1. The summed E-state index contributed by atoms with van der Waals surface area (Å²) in [6.45, 7) is 2.98. The highest BCUT2D eigenvalue weighted by molar-refractivity contribution is 7.94. The van der Waals surface area contributed by atoms with E-state index in [4.69, 9.17) is 11.6 Å². The van der Waals surface area contributed by atoms with Gasteiger partial charge in [0.15, 0.2) is 0 Å². The normalized spacial score (nSPS) is 23.6. The molecule has 0 radical (unpaired) electrons. The number of benzene rings is 1. The molecule has 0 spiro atoms. The summed E-state index contributed by atoms with van der Waals surface area (Å²) in [5, 5.41) is 0.158. The van der Waals surface area contributed by atoms with Crippen LogP contribution in [0.15, 0.2) is 18.2 Å². The minimum Gasteiger partial charge on any atom is -0.339 e. The number of amides is 2. The van der Waals surface area contributed by atoms with Crippen molar-refractivity contribution in [1.29, 1.82) is 0 Å². The number of hydrogen-bond donors (Lipinski definition) is 0. The van der Waals surface area contributed by atoms with Gasteiger partial charge in [0.05, 0.1) is 27.9 Å². The fourth-order valence-corrected chi connectivity index (χ4v) is 5.23. The van der Waals surface area contributed by atoms with Crippen LogP contribution in [0.2, 0.25) is 5.02 Å². The molecule has 1 atom stereocenters. The Bertz CT molecular complexity index is 787. The van der Waals surface area contributed by atoms with Gasteiger partial charge >= 0.3 is 0 Å². The number of carbonyl (C=O) groups is 2. The molecule has 0 aliphatic carbocycles. The second kappa shape index (κ2) is 6.37. The summed E-state index contributed by atoms with van der Waals surface area (Å²) >= 11 is 6.22. The van der Waals surface area contributed by atoms with E-state index < -0.39 is 21.8 Å². The number of piperidine rings is 1. The molecule has 0 saturated carbocycles. The van der Waals surface area contributed by atoms with Crippen LogP contribution in [-0.2, 0) is 14.8 Å². The summed E-state index contributed by atoms with van der Waals surface area (Å²) in [5.41, 5.74) is 0.518. The van der Waals surface area contributed by atoms with Crippen LogP contribution in [0.1, 0.15) is 36.5 Å². The van der Waals surface area contributed by atoms with Crippen LogP contribution in [-0.4, -0.2) is 44.0 Å². The summed E-state index contributed by atoms with van der Waals surface area (Å²) in [4.78, 5) is 26.4. The van der Waals surface area contributed by atoms with E-state index in [2.05, 4.69) is 0 Å². The molecular weight excluding hydrogens is 352 g/mol. The number of rotatable bonds is 2. The first-order valence-electron chi connectivity index (χ1n) is 7.97. The van der Waals surface area contributed by atoms with Gasteiger partial charge in [0.25, 0.3) is 5.91 Å². The lowest BCUT2D eigenvalue weighted by molar-refractivity contribution is -0.119. The van der Waals surface area contributed by atoms with Gasteiger partial charge in [-0.15, -0.1) is 0 Å². The molecule has 2 aliphatic heterocycles. The fraction of sp³-hybridized carbons (Fsp3) is 0.500. The highest BCUT2D eigenvalue weighted by Crippen LogP contribution is 2.32. The van der Waals surface area contributed by atoms with Crippen molar-refractivity contribution in [3.63, 3.8) is 0 Å². The molecule has 8 heteroatoms. The number of anilines is 1. The van der Waals surface area contributed by atoms with Crippen molar-refractivity contribution in [2.75, 3.05) is 23.1 Å². The Morgan fingerprint density at radius 3 is 2.42 bits per heavy atom. The van der Waals surface area contributed by atoms with Crippen LogP contribution in [0.5, 0.6) is 0 Å². The predicted octanol–water partition coefficient (Wildman–Crippen LogP) is 2.28.